The summed E-state index contributed by atoms with van der Waals surface area (Å²) >= 11 is 0. The molecule has 0 saturated heterocycles. The standard InChI is InChI=1S/C8H13NO3/c1-4-5-7(10)9(6(2)3)8(11)12/h4-6H,1-3H3,(H,11,12)/b5-4+. The topological polar surface area (TPSA) is 57.6 Å². The summed E-state index contributed by atoms with van der Waals surface area (Å²) in [6, 6.07) is -0.328. The number of allylic oxidation sites excluding steroid dienone is 1. The molecule has 4 heteroatoms. The number of carbonyl (C=O) groups is 2. The minimum atomic E-state index is -1.21. The molecular formula is C8H13NO3. The largest absolute Gasteiger partial charge is 0.465 e. The van der Waals surface area contributed by atoms with Crippen molar-refractivity contribution in [2.24, 2.45) is 0 Å². The van der Waals surface area contributed by atoms with Gasteiger partial charge in [0.25, 0.3) is 5.91 Å². The van der Waals surface area contributed by atoms with E-state index in [1.807, 2.05) is 0 Å². The van der Waals surface area contributed by atoms with Crippen LogP contribution < -0.4 is 0 Å². The van der Waals surface area contributed by atoms with Crippen molar-refractivity contribution in [2.75, 3.05) is 0 Å². The van der Waals surface area contributed by atoms with E-state index in [9.17, 15) is 9.59 Å². The van der Waals surface area contributed by atoms with Gasteiger partial charge in [0.15, 0.2) is 0 Å². The highest BCUT2D eigenvalue weighted by molar-refractivity contribution is 5.98. The first-order valence-electron chi connectivity index (χ1n) is 3.69. The monoisotopic (exact) mass is 171 g/mol. The quantitative estimate of drug-likeness (QED) is 0.640. The van der Waals surface area contributed by atoms with Gasteiger partial charge in [-0.05, 0) is 26.8 Å². The van der Waals surface area contributed by atoms with E-state index in [0.717, 1.165) is 4.90 Å². The molecule has 0 saturated carbocycles. The zero-order valence-electron chi connectivity index (χ0n) is 7.44. The predicted molar refractivity (Wildman–Crippen MR) is 44.8 cm³/mol. The normalized spacial score (nSPS) is 10.7. The van der Waals surface area contributed by atoms with Crippen LogP contribution in [-0.2, 0) is 4.79 Å². The van der Waals surface area contributed by atoms with Gasteiger partial charge in [-0.15, -0.1) is 0 Å². The minimum absolute atomic E-state index is 0.328. The molecule has 0 heterocycles. The molecule has 0 aromatic heterocycles. The maximum atomic E-state index is 11.1. The van der Waals surface area contributed by atoms with Crippen molar-refractivity contribution in [3.63, 3.8) is 0 Å². The van der Waals surface area contributed by atoms with E-state index in [-0.39, 0.29) is 6.04 Å². The Bertz CT molecular complexity index is 208. The lowest BCUT2D eigenvalue weighted by Crippen LogP contribution is -2.39. The molecule has 4 nitrogen and oxygen atoms in total. The number of hydrogen-bond donors (Lipinski definition) is 1. The van der Waals surface area contributed by atoms with E-state index in [1.165, 1.54) is 12.2 Å². The van der Waals surface area contributed by atoms with Gasteiger partial charge in [0.1, 0.15) is 0 Å². The van der Waals surface area contributed by atoms with Crippen molar-refractivity contribution in [1.29, 1.82) is 0 Å². The third-order valence-corrected chi connectivity index (χ3v) is 1.27. The molecule has 0 spiro atoms. The van der Waals surface area contributed by atoms with Gasteiger partial charge in [0.05, 0.1) is 0 Å². The minimum Gasteiger partial charge on any atom is -0.465 e. The third kappa shape index (κ3) is 2.74. The van der Waals surface area contributed by atoms with Crippen LogP contribution in [0.3, 0.4) is 0 Å². The molecule has 0 aliphatic rings. The van der Waals surface area contributed by atoms with Crippen molar-refractivity contribution in [2.45, 2.75) is 26.8 Å². The summed E-state index contributed by atoms with van der Waals surface area (Å²) in [5.74, 6) is -0.500. The summed E-state index contributed by atoms with van der Waals surface area (Å²) < 4.78 is 0. The van der Waals surface area contributed by atoms with Gasteiger partial charge >= 0.3 is 6.09 Å². The molecule has 0 aliphatic heterocycles. The second-order valence-corrected chi connectivity index (χ2v) is 2.58. The van der Waals surface area contributed by atoms with Gasteiger partial charge in [0, 0.05) is 6.04 Å². The molecule has 0 radical (unpaired) electrons. The van der Waals surface area contributed by atoms with E-state index in [0.29, 0.717) is 0 Å². The average molecular weight is 171 g/mol. The first-order chi connectivity index (χ1) is 5.50. The Balaban J connectivity index is 4.52. The van der Waals surface area contributed by atoms with Crippen LogP contribution in [0.2, 0.25) is 0 Å². The SMILES string of the molecule is C/C=C/C(=O)N(C(=O)O)C(C)C. The lowest BCUT2D eigenvalue weighted by molar-refractivity contribution is -0.125. The highest BCUT2D eigenvalue weighted by Crippen LogP contribution is 2.00. The maximum absolute atomic E-state index is 11.1. The maximum Gasteiger partial charge on any atom is 0.414 e. The van der Waals surface area contributed by atoms with Crippen molar-refractivity contribution in [3.8, 4) is 0 Å². The number of nitrogens with zero attached hydrogens (tertiary/aromatic N) is 1. The second kappa shape index (κ2) is 4.54. The zero-order valence-corrected chi connectivity index (χ0v) is 7.44. The number of imide groups is 1. The highest BCUT2D eigenvalue weighted by Gasteiger charge is 2.20. The van der Waals surface area contributed by atoms with Gasteiger partial charge in [-0.2, -0.15) is 0 Å². The highest BCUT2D eigenvalue weighted by atomic mass is 16.4. The number of amides is 2. The van der Waals surface area contributed by atoms with Gasteiger partial charge < -0.3 is 5.11 Å². The molecule has 0 unspecified atom stereocenters. The summed E-state index contributed by atoms with van der Waals surface area (Å²) in [6.07, 6.45) is 1.53. The average Bonchev–Trinajstić information content (AvgIpc) is 1.85. The van der Waals surface area contributed by atoms with Crippen molar-refractivity contribution in [3.05, 3.63) is 12.2 Å². The fourth-order valence-corrected chi connectivity index (χ4v) is 0.793. The lowest BCUT2D eigenvalue weighted by atomic mass is 10.3. The zero-order chi connectivity index (χ0) is 9.72. The van der Waals surface area contributed by atoms with Crippen LogP contribution in [0, 0.1) is 0 Å². The molecule has 1 N–H and O–H groups in total. The number of rotatable bonds is 2. The Hall–Kier alpha value is -1.32. The van der Waals surface area contributed by atoms with Crippen LogP contribution >= 0.6 is 0 Å². The van der Waals surface area contributed by atoms with Gasteiger partial charge in [-0.1, -0.05) is 6.08 Å². The molecule has 12 heavy (non-hydrogen) atoms. The molecule has 2 amide bonds. The summed E-state index contributed by atoms with van der Waals surface area (Å²) in [5.41, 5.74) is 0. The molecule has 0 atom stereocenters. The smallest absolute Gasteiger partial charge is 0.414 e. The van der Waals surface area contributed by atoms with Crippen LogP contribution in [0.1, 0.15) is 20.8 Å². The molecule has 0 bridgehead atoms. The molecule has 0 aliphatic carbocycles. The fraction of sp³-hybridized carbons (Fsp3) is 0.500. The Morgan fingerprint density at radius 2 is 1.92 bits per heavy atom. The molecule has 0 fully saturated rings. The summed E-state index contributed by atoms with van der Waals surface area (Å²) in [6.45, 7) is 4.96. The van der Waals surface area contributed by atoms with E-state index in [4.69, 9.17) is 5.11 Å². The summed E-state index contributed by atoms with van der Waals surface area (Å²) in [7, 11) is 0. The van der Waals surface area contributed by atoms with E-state index >= 15 is 0 Å². The fourth-order valence-electron chi connectivity index (χ4n) is 0.793. The Morgan fingerprint density at radius 3 is 2.17 bits per heavy atom. The van der Waals surface area contributed by atoms with E-state index < -0.39 is 12.0 Å². The second-order valence-electron chi connectivity index (χ2n) is 2.58. The van der Waals surface area contributed by atoms with E-state index in [1.54, 1.807) is 20.8 Å². The Labute approximate surface area is 71.5 Å². The van der Waals surface area contributed by atoms with Crippen molar-refractivity contribution in [1.82, 2.24) is 4.90 Å². The van der Waals surface area contributed by atoms with Crippen LogP contribution in [0.25, 0.3) is 0 Å². The third-order valence-electron chi connectivity index (χ3n) is 1.27. The molecular weight excluding hydrogens is 158 g/mol. The first kappa shape index (κ1) is 10.7. The number of carboxylic acid groups (broad SMARTS) is 1. The molecule has 0 rings (SSSR count). The Morgan fingerprint density at radius 1 is 1.42 bits per heavy atom. The molecule has 0 aromatic rings. The molecule has 0 aromatic carbocycles. The summed E-state index contributed by atoms with van der Waals surface area (Å²) in [5, 5.41) is 8.61. The lowest BCUT2D eigenvalue weighted by Gasteiger charge is -2.19. The van der Waals surface area contributed by atoms with Gasteiger partial charge in [-0.25, -0.2) is 9.69 Å². The van der Waals surface area contributed by atoms with Crippen LogP contribution in [0.5, 0.6) is 0 Å². The van der Waals surface area contributed by atoms with Crippen molar-refractivity contribution < 1.29 is 14.7 Å². The van der Waals surface area contributed by atoms with Crippen molar-refractivity contribution >= 4 is 12.0 Å². The Kier molecular flexibility index (Phi) is 4.04. The van der Waals surface area contributed by atoms with Gasteiger partial charge in [0.2, 0.25) is 0 Å². The van der Waals surface area contributed by atoms with E-state index in [2.05, 4.69) is 0 Å². The molecule has 68 valence electrons. The van der Waals surface area contributed by atoms with Crippen LogP contribution in [-0.4, -0.2) is 28.0 Å². The van der Waals surface area contributed by atoms with Gasteiger partial charge in [-0.3, -0.25) is 4.79 Å². The summed E-state index contributed by atoms with van der Waals surface area (Å²) in [4.78, 5) is 22.4. The predicted octanol–water partition coefficient (Wildman–Crippen LogP) is 1.48. The first-order valence-corrected chi connectivity index (χ1v) is 3.69. The van der Waals surface area contributed by atoms with Crippen LogP contribution in [0.15, 0.2) is 12.2 Å². The number of hydrogen-bond acceptors (Lipinski definition) is 2. The number of carbonyl (C=O) groups excluding carboxylic acids is 1. The van der Waals surface area contributed by atoms with Crippen LogP contribution in [0.4, 0.5) is 4.79 Å².